The normalized spacial score (nSPS) is 10.6. The van der Waals surface area contributed by atoms with Crippen LogP contribution >= 0.6 is 0 Å². The molecule has 3 aromatic rings. The highest BCUT2D eigenvalue weighted by Crippen LogP contribution is 2.17. The van der Waals surface area contributed by atoms with Gasteiger partial charge < -0.3 is 4.74 Å². The largest absolute Gasteiger partial charge is 0.464 e. The van der Waals surface area contributed by atoms with Crippen LogP contribution < -0.4 is 0 Å². The summed E-state index contributed by atoms with van der Waals surface area (Å²) in [6.07, 6.45) is 1.72. The molecule has 0 aliphatic rings. The second kappa shape index (κ2) is 4.53. The Morgan fingerprint density at radius 2 is 1.95 bits per heavy atom. The Balaban J connectivity index is 2.19. The van der Waals surface area contributed by atoms with E-state index in [4.69, 9.17) is 0 Å². The molecule has 5 heteroatoms. The van der Waals surface area contributed by atoms with E-state index in [2.05, 4.69) is 14.8 Å². The summed E-state index contributed by atoms with van der Waals surface area (Å²) in [5.41, 5.74) is 1.80. The van der Waals surface area contributed by atoms with Gasteiger partial charge in [0.15, 0.2) is 11.3 Å². The molecule has 0 fully saturated rings. The molecule has 0 bridgehead atoms. The fourth-order valence-corrected chi connectivity index (χ4v) is 1.88. The minimum atomic E-state index is -0.456. The van der Waals surface area contributed by atoms with Crippen molar-refractivity contribution in [3.63, 3.8) is 0 Å². The Hall–Kier alpha value is -2.69. The van der Waals surface area contributed by atoms with Crippen LogP contribution in [0.25, 0.3) is 16.7 Å². The van der Waals surface area contributed by atoms with Crippen molar-refractivity contribution in [1.29, 1.82) is 0 Å². The van der Waals surface area contributed by atoms with E-state index < -0.39 is 5.97 Å². The van der Waals surface area contributed by atoms with Crippen LogP contribution in [0.1, 0.15) is 10.5 Å². The monoisotopic (exact) mass is 253 g/mol. The predicted octanol–water partition coefficient (Wildman–Crippen LogP) is 2.21. The number of pyridine rings is 1. The van der Waals surface area contributed by atoms with Crippen LogP contribution in [0.2, 0.25) is 0 Å². The fourth-order valence-electron chi connectivity index (χ4n) is 1.88. The first-order valence-corrected chi connectivity index (χ1v) is 5.78. The minimum Gasteiger partial charge on any atom is -0.464 e. The second-order valence-corrected chi connectivity index (χ2v) is 3.99. The van der Waals surface area contributed by atoms with Crippen LogP contribution in [-0.2, 0) is 4.74 Å². The third-order valence-corrected chi connectivity index (χ3v) is 2.81. The van der Waals surface area contributed by atoms with E-state index in [0.717, 1.165) is 11.1 Å². The molecule has 0 unspecified atom stereocenters. The number of aromatic nitrogens is 3. The van der Waals surface area contributed by atoms with Gasteiger partial charge in [0.1, 0.15) is 0 Å². The van der Waals surface area contributed by atoms with Crippen molar-refractivity contribution < 1.29 is 9.53 Å². The maximum Gasteiger partial charge on any atom is 0.356 e. The third kappa shape index (κ3) is 1.95. The lowest BCUT2D eigenvalue weighted by molar-refractivity contribution is 0.0594. The van der Waals surface area contributed by atoms with Crippen molar-refractivity contribution in [3.8, 4) is 5.69 Å². The van der Waals surface area contributed by atoms with Crippen LogP contribution in [0.3, 0.4) is 0 Å². The molecule has 5 nitrogen and oxygen atoms in total. The van der Waals surface area contributed by atoms with Gasteiger partial charge in [-0.25, -0.2) is 14.5 Å². The number of benzene rings is 1. The van der Waals surface area contributed by atoms with E-state index in [9.17, 15) is 4.79 Å². The highest BCUT2D eigenvalue weighted by Gasteiger charge is 2.11. The van der Waals surface area contributed by atoms with Crippen molar-refractivity contribution in [3.05, 3.63) is 54.4 Å². The van der Waals surface area contributed by atoms with Crippen LogP contribution in [0.4, 0.5) is 0 Å². The number of para-hydroxylation sites is 1. The maximum absolute atomic E-state index is 11.5. The van der Waals surface area contributed by atoms with Crippen LogP contribution in [-0.4, -0.2) is 27.8 Å². The van der Waals surface area contributed by atoms with Crippen molar-refractivity contribution in [2.45, 2.75) is 0 Å². The molecule has 2 heterocycles. The summed E-state index contributed by atoms with van der Waals surface area (Å²) >= 11 is 0. The van der Waals surface area contributed by atoms with Crippen molar-refractivity contribution in [2.75, 3.05) is 7.11 Å². The molecule has 0 spiro atoms. The van der Waals surface area contributed by atoms with Gasteiger partial charge in [0, 0.05) is 5.39 Å². The Kier molecular flexibility index (Phi) is 2.72. The molecule has 0 aliphatic heterocycles. The highest BCUT2D eigenvalue weighted by atomic mass is 16.5. The quantitative estimate of drug-likeness (QED) is 0.657. The molecule has 3 rings (SSSR count). The number of methoxy groups -OCH3 is 1. The first kappa shape index (κ1) is 11.4. The smallest absolute Gasteiger partial charge is 0.356 e. The molecule has 0 aliphatic carbocycles. The molecule has 0 saturated heterocycles. The first-order valence-electron chi connectivity index (χ1n) is 5.78. The fraction of sp³-hybridized carbons (Fsp3) is 0.0714. The Labute approximate surface area is 109 Å². The highest BCUT2D eigenvalue weighted by molar-refractivity contribution is 5.90. The average molecular weight is 253 g/mol. The lowest BCUT2D eigenvalue weighted by Crippen LogP contribution is -2.05. The number of rotatable bonds is 2. The van der Waals surface area contributed by atoms with Gasteiger partial charge in [-0.15, -0.1) is 0 Å². The zero-order valence-electron chi connectivity index (χ0n) is 10.3. The molecule has 1 aromatic carbocycles. The standard InChI is InChI=1S/C14H11N3O2/c1-19-14(18)12-8-7-10-9-15-17(13(10)16-12)11-5-3-2-4-6-11/h2-9H,1H3. The Morgan fingerprint density at radius 3 is 2.68 bits per heavy atom. The summed E-state index contributed by atoms with van der Waals surface area (Å²) in [4.78, 5) is 15.8. The Bertz CT molecular complexity index is 735. The zero-order valence-corrected chi connectivity index (χ0v) is 10.3. The van der Waals surface area contributed by atoms with Gasteiger partial charge in [0.2, 0.25) is 0 Å². The van der Waals surface area contributed by atoms with Gasteiger partial charge >= 0.3 is 5.97 Å². The molecule has 0 saturated carbocycles. The SMILES string of the molecule is COC(=O)c1ccc2cnn(-c3ccccc3)c2n1. The average Bonchev–Trinajstić information content (AvgIpc) is 2.90. The predicted molar refractivity (Wildman–Crippen MR) is 70.2 cm³/mol. The van der Waals surface area contributed by atoms with Gasteiger partial charge in [-0.1, -0.05) is 18.2 Å². The van der Waals surface area contributed by atoms with Crippen molar-refractivity contribution in [1.82, 2.24) is 14.8 Å². The Morgan fingerprint density at radius 1 is 1.16 bits per heavy atom. The number of esters is 1. The lowest BCUT2D eigenvalue weighted by Gasteiger charge is -2.03. The number of hydrogen-bond acceptors (Lipinski definition) is 4. The molecule has 0 N–H and O–H groups in total. The number of hydrogen-bond donors (Lipinski definition) is 0. The van der Waals surface area contributed by atoms with Gasteiger partial charge in [-0.2, -0.15) is 5.10 Å². The second-order valence-electron chi connectivity index (χ2n) is 3.99. The minimum absolute atomic E-state index is 0.271. The van der Waals surface area contributed by atoms with E-state index in [-0.39, 0.29) is 5.69 Å². The molecule has 0 amide bonds. The van der Waals surface area contributed by atoms with Gasteiger partial charge in [0.05, 0.1) is 19.0 Å². The van der Waals surface area contributed by atoms with E-state index in [1.165, 1.54) is 7.11 Å². The molecular weight excluding hydrogens is 242 g/mol. The summed E-state index contributed by atoms with van der Waals surface area (Å²) in [5, 5.41) is 5.17. The number of ether oxygens (including phenoxy) is 1. The topological polar surface area (TPSA) is 57.0 Å². The summed E-state index contributed by atoms with van der Waals surface area (Å²) < 4.78 is 6.37. The van der Waals surface area contributed by atoms with E-state index in [1.54, 1.807) is 23.0 Å². The van der Waals surface area contributed by atoms with Gasteiger partial charge in [-0.3, -0.25) is 0 Å². The molecular formula is C14H11N3O2. The molecule has 2 aromatic heterocycles. The summed E-state index contributed by atoms with van der Waals surface area (Å²) in [6.45, 7) is 0. The van der Waals surface area contributed by atoms with E-state index >= 15 is 0 Å². The van der Waals surface area contributed by atoms with E-state index in [0.29, 0.717) is 5.65 Å². The zero-order chi connectivity index (χ0) is 13.2. The third-order valence-electron chi connectivity index (χ3n) is 2.81. The van der Waals surface area contributed by atoms with Gasteiger partial charge in [0.25, 0.3) is 0 Å². The summed E-state index contributed by atoms with van der Waals surface area (Å²) in [6, 6.07) is 13.1. The first-order chi connectivity index (χ1) is 9.29. The number of fused-ring (bicyclic) bond motifs is 1. The number of carbonyl (C=O) groups is 1. The lowest BCUT2D eigenvalue weighted by atomic mass is 10.3. The van der Waals surface area contributed by atoms with Crippen molar-refractivity contribution in [2.24, 2.45) is 0 Å². The van der Waals surface area contributed by atoms with E-state index in [1.807, 2.05) is 30.3 Å². The van der Waals surface area contributed by atoms with Crippen LogP contribution in [0, 0.1) is 0 Å². The molecule has 94 valence electrons. The number of nitrogens with zero attached hydrogens (tertiary/aromatic N) is 3. The molecule has 0 atom stereocenters. The van der Waals surface area contributed by atoms with Crippen LogP contribution in [0.15, 0.2) is 48.7 Å². The summed E-state index contributed by atoms with van der Waals surface area (Å²) in [5.74, 6) is -0.456. The van der Waals surface area contributed by atoms with Gasteiger partial charge in [-0.05, 0) is 24.3 Å². The summed E-state index contributed by atoms with van der Waals surface area (Å²) in [7, 11) is 1.34. The number of carbonyl (C=O) groups excluding carboxylic acids is 1. The van der Waals surface area contributed by atoms with Crippen molar-refractivity contribution >= 4 is 17.0 Å². The maximum atomic E-state index is 11.5. The molecule has 19 heavy (non-hydrogen) atoms. The van der Waals surface area contributed by atoms with Crippen LogP contribution in [0.5, 0.6) is 0 Å². The molecule has 0 radical (unpaired) electrons.